The fraction of sp³-hybridized carbons (Fsp3) is 0.455. The van der Waals surface area contributed by atoms with Crippen molar-refractivity contribution < 1.29 is 17.9 Å². The minimum Gasteiger partial charge on any atom is -0.380 e. The van der Waals surface area contributed by atoms with Crippen LogP contribution in [-0.2, 0) is 11.3 Å². The number of benzene rings is 1. The predicted molar refractivity (Wildman–Crippen MR) is 54.5 cm³/mol. The van der Waals surface area contributed by atoms with E-state index in [-0.39, 0.29) is 12.1 Å². The fourth-order valence-corrected chi connectivity index (χ4v) is 1.21. The van der Waals surface area contributed by atoms with Crippen LogP contribution in [0.4, 0.5) is 13.2 Å². The van der Waals surface area contributed by atoms with E-state index in [1.165, 1.54) is 0 Å². The molecule has 0 spiro atoms. The van der Waals surface area contributed by atoms with Crippen LogP contribution in [0.25, 0.3) is 0 Å². The second kappa shape index (κ2) is 6.50. The molecule has 1 aromatic rings. The summed E-state index contributed by atoms with van der Waals surface area (Å²) in [7, 11) is 0. The van der Waals surface area contributed by atoms with Gasteiger partial charge in [0.05, 0.1) is 6.61 Å². The number of nitrogens with one attached hydrogen (secondary N) is 1. The summed E-state index contributed by atoms with van der Waals surface area (Å²) in [6, 6.07) is 1.41. The van der Waals surface area contributed by atoms with Crippen LogP contribution in [0.1, 0.15) is 12.5 Å². The third kappa shape index (κ3) is 3.83. The quantitative estimate of drug-likeness (QED) is 0.601. The summed E-state index contributed by atoms with van der Waals surface area (Å²) in [5.41, 5.74) is 0.107. The zero-order chi connectivity index (χ0) is 12.0. The predicted octanol–water partition coefficient (Wildman–Crippen LogP) is 2.23. The molecular weight excluding hydrogens is 219 g/mol. The molecule has 0 saturated carbocycles. The fourth-order valence-electron chi connectivity index (χ4n) is 1.21. The molecule has 1 aromatic carbocycles. The molecule has 1 N–H and O–H groups in total. The molecule has 16 heavy (non-hydrogen) atoms. The minimum atomic E-state index is -1.17. The van der Waals surface area contributed by atoms with E-state index >= 15 is 0 Å². The van der Waals surface area contributed by atoms with Gasteiger partial charge in [-0.3, -0.25) is 0 Å². The Morgan fingerprint density at radius 3 is 2.50 bits per heavy atom. The molecule has 0 saturated heterocycles. The first-order chi connectivity index (χ1) is 7.65. The van der Waals surface area contributed by atoms with E-state index in [9.17, 15) is 13.2 Å². The second-order valence-electron chi connectivity index (χ2n) is 3.23. The molecule has 0 aliphatic carbocycles. The molecule has 1 rings (SSSR count). The van der Waals surface area contributed by atoms with Gasteiger partial charge in [-0.05, 0) is 13.0 Å². The van der Waals surface area contributed by atoms with E-state index in [0.29, 0.717) is 25.8 Å². The molecule has 2 nitrogen and oxygen atoms in total. The van der Waals surface area contributed by atoms with Crippen molar-refractivity contribution in [2.75, 3.05) is 19.8 Å². The van der Waals surface area contributed by atoms with Gasteiger partial charge in [0.25, 0.3) is 0 Å². The number of hydrogen-bond acceptors (Lipinski definition) is 2. The molecule has 0 unspecified atom stereocenters. The Hall–Kier alpha value is -1.07. The molecule has 0 bridgehead atoms. The molecule has 0 aliphatic heterocycles. The van der Waals surface area contributed by atoms with Crippen molar-refractivity contribution in [2.24, 2.45) is 0 Å². The largest absolute Gasteiger partial charge is 0.380 e. The zero-order valence-electron chi connectivity index (χ0n) is 9.03. The smallest absolute Gasteiger partial charge is 0.161 e. The highest BCUT2D eigenvalue weighted by Crippen LogP contribution is 2.13. The van der Waals surface area contributed by atoms with E-state index < -0.39 is 17.5 Å². The summed E-state index contributed by atoms with van der Waals surface area (Å²) in [6.07, 6.45) is 0. The molecule has 0 aromatic heterocycles. The molecule has 0 aliphatic rings. The Labute approximate surface area is 92.4 Å². The number of ether oxygens (including phenoxy) is 1. The van der Waals surface area contributed by atoms with Gasteiger partial charge >= 0.3 is 0 Å². The van der Waals surface area contributed by atoms with Gasteiger partial charge in [0.1, 0.15) is 5.82 Å². The molecule has 5 heteroatoms. The number of halogens is 3. The summed E-state index contributed by atoms with van der Waals surface area (Å²) in [4.78, 5) is 0. The Kier molecular flexibility index (Phi) is 5.28. The van der Waals surface area contributed by atoms with Gasteiger partial charge in [0.2, 0.25) is 0 Å². The van der Waals surface area contributed by atoms with Crippen molar-refractivity contribution in [3.05, 3.63) is 35.1 Å². The van der Waals surface area contributed by atoms with Crippen LogP contribution in [0.5, 0.6) is 0 Å². The van der Waals surface area contributed by atoms with Crippen molar-refractivity contribution in [2.45, 2.75) is 13.5 Å². The Morgan fingerprint density at radius 1 is 1.12 bits per heavy atom. The average molecular weight is 233 g/mol. The molecule has 0 atom stereocenters. The van der Waals surface area contributed by atoms with E-state index in [1.807, 2.05) is 6.92 Å². The minimum absolute atomic E-state index is 0.107. The van der Waals surface area contributed by atoms with Crippen molar-refractivity contribution in [3.8, 4) is 0 Å². The van der Waals surface area contributed by atoms with E-state index in [0.717, 1.165) is 6.07 Å². The van der Waals surface area contributed by atoms with Crippen molar-refractivity contribution in [1.29, 1.82) is 0 Å². The highest BCUT2D eigenvalue weighted by Gasteiger charge is 2.08. The third-order valence-corrected chi connectivity index (χ3v) is 2.03. The lowest BCUT2D eigenvalue weighted by Crippen LogP contribution is -2.20. The standard InChI is InChI=1S/C11H14F3NO/c1-2-16-4-3-15-7-8-5-10(13)11(14)6-9(8)12/h5-6,15H,2-4,7H2,1H3. The summed E-state index contributed by atoms with van der Waals surface area (Å²) in [5, 5.41) is 2.87. The summed E-state index contributed by atoms with van der Waals surface area (Å²) in [5.74, 6) is -2.96. The van der Waals surface area contributed by atoms with Crippen LogP contribution in [-0.4, -0.2) is 19.8 Å². The molecular formula is C11H14F3NO. The van der Waals surface area contributed by atoms with Crippen molar-refractivity contribution in [1.82, 2.24) is 5.32 Å². The Bertz CT molecular complexity index is 344. The zero-order valence-corrected chi connectivity index (χ0v) is 9.03. The Balaban J connectivity index is 2.45. The van der Waals surface area contributed by atoms with Crippen LogP contribution in [0.3, 0.4) is 0 Å². The summed E-state index contributed by atoms with van der Waals surface area (Å²) < 4.78 is 43.6. The van der Waals surface area contributed by atoms with E-state index in [2.05, 4.69) is 5.32 Å². The molecule has 0 heterocycles. The molecule has 0 fully saturated rings. The monoisotopic (exact) mass is 233 g/mol. The van der Waals surface area contributed by atoms with Crippen LogP contribution in [0.2, 0.25) is 0 Å². The maximum atomic E-state index is 13.1. The van der Waals surface area contributed by atoms with Crippen molar-refractivity contribution in [3.63, 3.8) is 0 Å². The van der Waals surface area contributed by atoms with E-state index in [1.54, 1.807) is 0 Å². The highest BCUT2D eigenvalue weighted by atomic mass is 19.2. The van der Waals surface area contributed by atoms with Crippen LogP contribution in [0.15, 0.2) is 12.1 Å². The van der Waals surface area contributed by atoms with Gasteiger partial charge in [-0.25, -0.2) is 13.2 Å². The maximum Gasteiger partial charge on any atom is 0.161 e. The van der Waals surface area contributed by atoms with E-state index in [4.69, 9.17) is 4.74 Å². The first-order valence-corrected chi connectivity index (χ1v) is 5.07. The lowest BCUT2D eigenvalue weighted by molar-refractivity contribution is 0.149. The summed E-state index contributed by atoms with van der Waals surface area (Å²) >= 11 is 0. The highest BCUT2D eigenvalue weighted by molar-refractivity contribution is 5.19. The van der Waals surface area contributed by atoms with Crippen LogP contribution >= 0.6 is 0 Å². The van der Waals surface area contributed by atoms with Gasteiger partial charge in [-0.15, -0.1) is 0 Å². The average Bonchev–Trinajstić information content (AvgIpc) is 2.25. The van der Waals surface area contributed by atoms with Gasteiger partial charge in [-0.2, -0.15) is 0 Å². The van der Waals surface area contributed by atoms with Gasteiger partial charge in [-0.1, -0.05) is 0 Å². The number of hydrogen-bond donors (Lipinski definition) is 1. The first kappa shape index (κ1) is 13.0. The maximum absolute atomic E-state index is 13.1. The lowest BCUT2D eigenvalue weighted by atomic mass is 10.2. The third-order valence-electron chi connectivity index (χ3n) is 2.03. The van der Waals surface area contributed by atoms with Gasteiger partial charge in [0.15, 0.2) is 11.6 Å². The first-order valence-electron chi connectivity index (χ1n) is 5.07. The molecule has 0 amide bonds. The SMILES string of the molecule is CCOCCNCc1cc(F)c(F)cc1F. The second-order valence-corrected chi connectivity index (χ2v) is 3.23. The number of rotatable bonds is 6. The normalized spacial score (nSPS) is 10.8. The topological polar surface area (TPSA) is 21.3 Å². The van der Waals surface area contributed by atoms with Gasteiger partial charge < -0.3 is 10.1 Å². The van der Waals surface area contributed by atoms with Crippen LogP contribution < -0.4 is 5.32 Å². The van der Waals surface area contributed by atoms with Gasteiger partial charge in [0, 0.05) is 31.3 Å². The lowest BCUT2D eigenvalue weighted by Gasteiger charge is -2.06. The van der Waals surface area contributed by atoms with Crippen molar-refractivity contribution >= 4 is 0 Å². The molecule has 0 radical (unpaired) electrons. The summed E-state index contributed by atoms with van der Waals surface area (Å²) in [6.45, 7) is 3.67. The van der Waals surface area contributed by atoms with Crippen LogP contribution in [0, 0.1) is 17.5 Å². The molecule has 90 valence electrons. The Morgan fingerprint density at radius 2 is 1.81 bits per heavy atom.